The third-order valence-corrected chi connectivity index (χ3v) is 6.58. The number of non-ortho nitro benzene ring substituents is 1. The minimum Gasteiger partial charge on any atom is -0.505 e. The van der Waals surface area contributed by atoms with Crippen molar-refractivity contribution < 1.29 is 38.6 Å². The number of nitrogens with zero attached hydrogens (tertiary/aromatic N) is 3. The van der Waals surface area contributed by atoms with Crippen LogP contribution in [0.25, 0.3) is 5.76 Å². The molecule has 2 aromatic carbocycles. The molecule has 3 aromatic rings. The summed E-state index contributed by atoms with van der Waals surface area (Å²) in [5.74, 6) is -2.54. The van der Waals surface area contributed by atoms with Gasteiger partial charge in [0.05, 0.1) is 25.2 Å². The lowest BCUT2D eigenvalue weighted by Crippen LogP contribution is -2.15. The summed E-state index contributed by atoms with van der Waals surface area (Å²) in [6.45, 7) is 4.91. The number of hydrogen-bond donors (Lipinski definition) is 2. The quantitative estimate of drug-likeness (QED) is 0.0687. The number of nitrogens with one attached hydrogen (secondary N) is 1. The molecule has 0 radical (unpaired) electrons. The van der Waals surface area contributed by atoms with Gasteiger partial charge < -0.3 is 24.6 Å². The Hall–Kier alpha value is -5.11. The number of nitro groups is 1. The van der Waals surface area contributed by atoms with Crippen LogP contribution in [-0.2, 0) is 14.3 Å². The van der Waals surface area contributed by atoms with Crippen molar-refractivity contribution in [2.75, 3.05) is 25.6 Å². The number of hydrogen-bond acceptors (Lipinski definition) is 12. The fourth-order valence-corrected chi connectivity index (χ4v) is 4.48. The number of amides is 1. The zero-order valence-corrected chi connectivity index (χ0v) is 23.3. The van der Waals surface area contributed by atoms with Crippen LogP contribution in [0.5, 0.6) is 5.75 Å². The summed E-state index contributed by atoms with van der Waals surface area (Å²) >= 11 is 0.800. The number of carbonyl (C=O) groups excluding carboxylic acids is 3. The molecule has 0 aliphatic heterocycles. The SMILES string of the molecule is CCOC(=O)c1sc(N=NC(C(=O)Nc2cccc(OC)c2)=C(O)c2ccc([N+](=O)[O-])cc2)c(C(=O)OCC)c1C. The molecule has 0 spiro atoms. The number of esters is 2. The maximum Gasteiger partial charge on any atom is 0.348 e. The molecule has 0 fully saturated rings. The van der Waals surface area contributed by atoms with Crippen LogP contribution in [-0.4, -0.2) is 48.2 Å². The number of benzene rings is 2. The van der Waals surface area contributed by atoms with E-state index in [0.29, 0.717) is 11.4 Å². The third-order valence-electron chi connectivity index (χ3n) is 5.43. The van der Waals surface area contributed by atoms with Crippen LogP contribution in [0, 0.1) is 17.0 Å². The highest BCUT2D eigenvalue weighted by Crippen LogP contribution is 2.37. The Labute approximate surface area is 238 Å². The highest BCUT2D eigenvalue weighted by molar-refractivity contribution is 7.18. The van der Waals surface area contributed by atoms with Gasteiger partial charge in [-0.25, -0.2) is 9.59 Å². The number of aliphatic hydroxyl groups excluding tert-OH is 1. The molecule has 0 unspecified atom stereocenters. The van der Waals surface area contributed by atoms with Gasteiger partial charge in [-0.15, -0.1) is 21.6 Å². The minimum absolute atomic E-state index is 0.0329. The maximum absolute atomic E-state index is 13.3. The Morgan fingerprint density at radius 1 is 1.05 bits per heavy atom. The first kappa shape index (κ1) is 30.4. The molecule has 2 N–H and O–H groups in total. The number of nitro benzene ring substituents is 1. The van der Waals surface area contributed by atoms with Crippen LogP contribution in [0.15, 0.2) is 64.5 Å². The molecule has 1 amide bonds. The van der Waals surface area contributed by atoms with Crippen LogP contribution >= 0.6 is 11.3 Å². The van der Waals surface area contributed by atoms with Gasteiger partial charge in [-0.1, -0.05) is 6.07 Å². The van der Waals surface area contributed by atoms with Crippen LogP contribution < -0.4 is 10.1 Å². The molecule has 14 heteroatoms. The van der Waals surface area contributed by atoms with Gasteiger partial charge in [-0.2, -0.15) is 0 Å². The molecule has 41 heavy (non-hydrogen) atoms. The molecule has 0 saturated carbocycles. The second-order valence-corrected chi connectivity index (χ2v) is 9.06. The summed E-state index contributed by atoms with van der Waals surface area (Å²) in [5.41, 5.74) is -0.267. The predicted molar refractivity (Wildman–Crippen MR) is 150 cm³/mol. The molecule has 0 aliphatic carbocycles. The first-order valence-electron chi connectivity index (χ1n) is 12.1. The van der Waals surface area contributed by atoms with Gasteiger partial charge >= 0.3 is 11.9 Å². The summed E-state index contributed by atoms with van der Waals surface area (Å²) in [7, 11) is 1.45. The Bertz CT molecular complexity index is 1530. The lowest BCUT2D eigenvalue weighted by molar-refractivity contribution is -0.384. The predicted octanol–water partition coefficient (Wildman–Crippen LogP) is 5.98. The Morgan fingerprint density at radius 3 is 2.32 bits per heavy atom. The summed E-state index contributed by atoms with van der Waals surface area (Å²) in [4.78, 5) is 49.0. The van der Waals surface area contributed by atoms with Gasteiger partial charge in [0.25, 0.3) is 11.6 Å². The lowest BCUT2D eigenvalue weighted by atomic mass is 10.1. The molecule has 0 aliphatic rings. The van der Waals surface area contributed by atoms with Gasteiger partial charge in [0, 0.05) is 29.4 Å². The first-order chi connectivity index (χ1) is 19.6. The van der Waals surface area contributed by atoms with Crippen LogP contribution in [0.1, 0.15) is 45.0 Å². The summed E-state index contributed by atoms with van der Waals surface area (Å²) in [6, 6.07) is 11.2. The third kappa shape index (κ3) is 7.30. The van der Waals surface area contributed by atoms with E-state index in [1.54, 1.807) is 32.0 Å². The smallest absolute Gasteiger partial charge is 0.348 e. The van der Waals surface area contributed by atoms with E-state index in [0.717, 1.165) is 23.5 Å². The number of ether oxygens (including phenoxy) is 3. The monoisotopic (exact) mass is 582 g/mol. The molecule has 1 aromatic heterocycles. The molecular formula is C27H26N4O9S. The molecule has 0 atom stereocenters. The summed E-state index contributed by atoms with van der Waals surface area (Å²) in [5, 5.41) is 32.6. The number of carbonyl (C=O) groups is 3. The van der Waals surface area contributed by atoms with E-state index < -0.39 is 34.2 Å². The number of aliphatic hydroxyl groups is 1. The van der Waals surface area contributed by atoms with Crippen molar-refractivity contribution in [3.05, 3.63) is 85.9 Å². The van der Waals surface area contributed by atoms with Crippen LogP contribution in [0.4, 0.5) is 16.4 Å². The fourth-order valence-electron chi connectivity index (χ4n) is 3.47. The molecule has 0 bridgehead atoms. The molecule has 214 valence electrons. The zero-order chi connectivity index (χ0) is 30.1. The molecule has 1 heterocycles. The normalized spacial score (nSPS) is 11.5. The van der Waals surface area contributed by atoms with Gasteiger partial charge in [0.15, 0.2) is 16.5 Å². The van der Waals surface area contributed by atoms with E-state index in [1.165, 1.54) is 32.2 Å². The van der Waals surface area contributed by atoms with E-state index in [2.05, 4.69) is 15.5 Å². The first-order valence-corrected chi connectivity index (χ1v) is 13.0. The molecular weight excluding hydrogens is 556 g/mol. The van der Waals surface area contributed by atoms with Gasteiger partial charge in [-0.3, -0.25) is 14.9 Å². The van der Waals surface area contributed by atoms with Gasteiger partial charge in [0.2, 0.25) is 0 Å². The maximum atomic E-state index is 13.3. The fraction of sp³-hybridized carbons (Fsp3) is 0.222. The standard InChI is InChI=1S/C27H26N4O9S/c1-5-39-26(34)20-15(3)23(27(35)40-6-2)41-25(20)30-29-21(22(32)16-10-12-18(13-11-16)31(36)37)24(33)28-17-8-7-9-19(14-17)38-4/h7-14,32H,5-6H2,1-4H3,(H,28,33). The van der Waals surface area contributed by atoms with Gasteiger partial charge in [-0.05, 0) is 50.6 Å². The zero-order valence-electron chi connectivity index (χ0n) is 22.5. The van der Waals surface area contributed by atoms with Crippen molar-refractivity contribution in [3.8, 4) is 5.75 Å². The van der Waals surface area contributed by atoms with Crippen LogP contribution in [0.2, 0.25) is 0 Å². The average molecular weight is 583 g/mol. The van der Waals surface area contributed by atoms with E-state index in [9.17, 15) is 29.6 Å². The molecule has 13 nitrogen and oxygen atoms in total. The number of methoxy groups -OCH3 is 1. The Kier molecular flexibility index (Phi) is 10.2. The highest BCUT2D eigenvalue weighted by Gasteiger charge is 2.27. The number of rotatable bonds is 11. The van der Waals surface area contributed by atoms with E-state index >= 15 is 0 Å². The Morgan fingerprint density at radius 2 is 1.71 bits per heavy atom. The highest BCUT2D eigenvalue weighted by atomic mass is 32.1. The number of anilines is 1. The second-order valence-electron chi connectivity index (χ2n) is 8.06. The largest absolute Gasteiger partial charge is 0.505 e. The molecule has 3 rings (SSSR count). The average Bonchev–Trinajstić information content (AvgIpc) is 3.29. The minimum atomic E-state index is -0.894. The molecule has 0 saturated heterocycles. The van der Waals surface area contributed by atoms with Crippen molar-refractivity contribution in [2.45, 2.75) is 20.8 Å². The van der Waals surface area contributed by atoms with Crippen molar-refractivity contribution in [3.63, 3.8) is 0 Å². The van der Waals surface area contributed by atoms with Crippen molar-refractivity contribution in [1.29, 1.82) is 0 Å². The topological polar surface area (TPSA) is 179 Å². The van der Waals surface area contributed by atoms with E-state index in [4.69, 9.17) is 14.2 Å². The Balaban J connectivity index is 2.13. The number of azo groups is 1. The van der Waals surface area contributed by atoms with Crippen molar-refractivity contribution >= 4 is 51.3 Å². The second kappa shape index (κ2) is 13.8. The van der Waals surface area contributed by atoms with Crippen LogP contribution in [0.3, 0.4) is 0 Å². The number of thiophene rings is 1. The van der Waals surface area contributed by atoms with Crippen molar-refractivity contribution in [2.24, 2.45) is 10.2 Å². The lowest BCUT2D eigenvalue weighted by Gasteiger charge is -2.09. The van der Waals surface area contributed by atoms with Gasteiger partial charge in [0.1, 0.15) is 16.2 Å². The van der Waals surface area contributed by atoms with Crippen molar-refractivity contribution in [1.82, 2.24) is 0 Å². The summed E-state index contributed by atoms with van der Waals surface area (Å²) < 4.78 is 15.3. The van der Waals surface area contributed by atoms with E-state index in [-0.39, 0.29) is 45.5 Å². The van der Waals surface area contributed by atoms with E-state index in [1.807, 2.05) is 0 Å². The summed E-state index contributed by atoms with van der Waals surface area (Å²) in [6.07, 6.45) is 0.